The topological polar surface area (TPSA) is 45.5 Å². The molecule has 0 fully saturated rings. The van der Waals surface area contributed by atoms with Gasteiger partial charge >= 0.3 is 6.03 Å². The summed E-state index contributed by atoms with van der Waals surface area (Å²) in [6.45, 7) is 2.37. The minimum atomic E-state index is -0.117. The third kappa shape index (κ3) is 2.50. The zero-order chi connectivity index (χ0) is 9.84. The molecule has 1 heterocycles. The molecule has 0 aliphatic rings. The SMILES string of the molecule is CNC(=O)N(C)Cc1ccc(C)o1. The predicted octanol–water partition coefficient (Wildman–Crippen LogP) is 1.36. The molecule has 0 spiro atoms. The van der Waals surface area contributed by atoms with E-state index in [2.05, 4.69) is 5.32 Å². The predicted molar refractivity (Wildman–Crippen MR) is 49.4 cm³/mol. The Bertz CT molecular complexity index is 294. The number of furan rings is 1. The molecule has 1 rings (SSSR count). The number of nitrogens with zero attached hydrogens (tertiary/aromatic N) is 1. The summed E-state index contributed by atoms with van der Waals surface area (Å²) in [5.41, 5.74) is 0. The zero-order valence-corrected chi connectivity index (χ0v) is 8.13. The van der Waals surface area contributed by atoms with Gasteiger partial charge in [0.2, 0.25) is 0 Å². The van der Waals surface area contributed by atoms with E-state index >= 15 is 0 Å². The van der Waals surface area contributed by atoms with Crippen molar-refractivity contribution >= 4 is 6.03 Å². The summed E-state index contributed by atoms with van der Waals surface area (Å²) in [4.78, 5) is 12.6. The van der Waals surface area contributed by atoms with Gasteiger partial charge in [-0.2, -0.15) is 0 Å². The number of rotatable bonds is 2. The molecule has 0 unspecified atom stereocenters. The normalized spacial score (nSPS) is 9.77. The summed E-state index contributed by atoms with van der Waals surface area (Å²) < 4.78 is 5.33. The maximum atomic E-state index is 11.1. The van der Waals surface area contributed by atoms with Crippen molar-refractivity contribution < 1.29 is 9.21 Å². The molecule has 0 atom stereocenters. The number of carbonyl (C=O) groups is 1. The second-order valence-corrected chi connectivity index (χ2v) is 2.92. The number of hydrogen-bond donors (Lipinski definition) is 1. The summed E-state index contributed by atoms with van der Waals surface area (Å²) in [6.07, 6.45) is 0. The number of carbonyl (C=O) groups excluding carboxylic acids is 1. The van der Waals surface area contributed by atoms with Crippen LogP contribution < -0.4 is 5.32 Å². The van der Waals surface area contributed by atoms with Gasteiger partial charge in [-0.1, -0.05) is 0 Å². The second-order valence-electron chi connectivity index (χ2n) is 2.92. The fraction of sp³-hybridized carbons (Fsp3) is 0.444. The molecule has 1 aromatic heterocycles. The van der Waals surface area contributed by atoms with Crippen molar-refractivity contribution in [2.75, 3.05) is 14.1 Å². The van der Waals surface area contributed by atoms with Crippen LogP contribution in [0, 0.1) is 6.92 Å². The maximum absolute atomic E-state index is 11.1. The van der Waals surface area contributed by atoms with Crippen molar-refractivity contribution in [2.24, 2.45) is 0 Å². The molecule has 0 aliphatic heterocycles. The van der Waals surface area contributed by atoms with Gasteiger partial charge in [-0.25, -0.2) is 4.79 Å². The van der Waals surface area contributed by atoms with Crippen molar-refractivity contribution in [2.45, 2.75) is 13.5 Å². The lowest BCUT2D eigenvalue weighted by atomic mass is 10.4. The number of urea groups is 1. The molecular weight excluding hydrogens is 168 g/mol. The van der Waals surface area contributed by atoms with Gasteiger partial charge in [-0.15, -0.1) is 0 Å². The lowest BCUT2D eigenvalue weighted by Crippen LogP contribution is -2.34. The number of aryl methyl sites for hydroxylation is 1. The van der Waals surface area contributed by atoms with E-state index < -0.39 is 0 Å². The van der Waals surface area contributed by atoms with Crippen LogP contribution in [0.5, 0.6) is 0 Å². The van der Waals surface area contributed by atoms with Crippen LogP contribution >= 0.6 is 0 Å². The van der Waals surface area contributed by atoms with Crippen LogP contribution in [0.4, 0.5) is 4.79 Å². The summed E-state index contributed by atoms with van der Waals surface area (Å²) in [6, 6.07) is 3.64. The molecule has 0 bridgehead atoms. The van der Waals surface area contributed by atoms with Crippen molar-refractivity contribution in [1.82, 2.24) is 10.2 Å². The number of amides is 2. The summed E-state index contributed by atoms with van der Waals surface area (Å²) in [7, 11) is 3.32. The van der Waals surface area contributed by atoms with Gasteiger partial charge in [-0.05, 0) is 19.1 Å². The Labute approximate surface area is 77.5 Å². The van der Waals surface area contributed by atoms with Gasteiger partial charge in [0.15, 0.2) is 0 Å². The molecule has 4 nitrogen and oxygen atoms in total. The largest absolute Gasteiger partial charge is 0.464 e. The Morgan fingerprint density at radius 3 is 2.77 bits per heavy atom. The third-order valence-corrected chi connectivity index (χ3v) is 1.75. The molecule has 1 aromatic rings. The van der Waals surface area contributed by atoms with E-state index in [1.807, 2.05) is 19.1 Å². The van der Waals surface area contributed by atoms with E-state index in [0.29, 0.717) is 6.54 Å². The van der Waals surface area contributed by atoms with Crippen molar-refractivity contribution in [3.8, 4) is 0 Å². The Morgan fingerprint density at radius 1 is 1.62 bits per heavy atom. The van der Waals surface area contributed by atoms with Gasteiger partial charge in [0.25, 0.3) is 0 Å². The molecular formula is C9H14N2O2. The Balaban J connectivity index is 2.54. The lowest BCUT2D eigenvalue weighted by molar-refractivity contribution is 0.205. The first-order chi connectivity index (χ1) is 6.13. The Morgan fingerprint density at radius 2 is 2.31 bits per heavy atom. The summed E-state index contributed by atoms with van der Waals surface area (Å²) in [5, 5.41) is 2.54. The first kappa shape index (κ1) is 9.64. The van der Waals surface area contributed by atoms with E-state index in [1.54, 1.807) is 19.0 Å². The van der Waals surface area contributed by atoms with Crippen LogP contribution in [-0.4, -0.2) is 25.0 Å². The summed E-state index contributed by atoms with van der Waals surface area (Å²) in [5.74, 6) is 1.66. The van der Waals surface area contributed by atoms with E-state index in [1.165, 1.54) is 0 Å². The van der Waals surface area contributed by atoms with Crippen LogP contribution in [0.3, 0.4) is 0 Å². The van der Waals surface area contributed by atoms with Crippen LogP contribution in [0.15, 0.2) is 16.5 Å². The van der Waals surface area contributed by atoms with Gasteiger partial charge in [0.1, 0.15) is 11.5 Å². The quantitative estimate of drug-likeness (QED) is 0.750. The molecule has 0 aliphatic carbocycles. The molecule has 0 aromatic carbocycles. The molecule has 2 amide bonds. The minimum Gasteiger partial charge on any atom is -0.464 e. The smallest absolute Gasteiger partial charge is 0.317 e. The maximum Gasteiger partial charge on any atom is 0.317 e. The van der Waals surface area contributed by atoms with Gasteiger partial charge in [0, 0.05) is 14.1 Å². The third-order valence-electron chi connectivity index (χ3n) is 1.75. The number of hydrogen-bond acceptors (Lipinski definition) is 2. The minimum absolute atomic E-state index is 0.117. The average molecular weight is 182 g/mol. The standard InChI is InChI=1S/C9H14N2O2/c1-7-4-5-8(13-7)6-11(3)9(12)10-2/h4-5H,6H2,1-3H3,(H,10,12). The zero-order valence-electron chi connectivity index (χ0n) is 8.13. The highest BCUT2D eigenvalue weighted by molar-refractivity contribution is 5.73. The van der Waals surface area contributed by atoms with Crippen LogP contribution in [-0.2, 0) is 6.54 Å². The van der Waals surface area contributed by atoms with Gasteiger partial charge < -0.3 is 14.6 Å². The highest BCUT2D eigenvalue weighted by atomic mass is 16.3. The van der Waals surface area contributed by atoms with E-state index in [0.717, 1.165) is 11.5 Å². The van der Waals surface area contributed by atoms with Crippen LogP contribution in [0.25, 0.3) is 0 Å². The fourth-order valence-corrected chi connectivity index (χ4v) is 1.07. The molecule has 72 valence electrons. The van der Waals surface area contributed by atoms with Crippen molar-refractivity contribution in [3.63, 3.8) is 0 Å². The molecule has 0 saturated heterocycles. The van der Waals surface area contributed by atoms with Crippen LogP contribution in [0.1, 0.15) is 11.5 Å². The molecule has 4 heteroatoms. The van der Waals surface area contributed by atoms with Crippen molar-refractivity contribution in [3.05, 3.63) is 23.7 Å². The first-order valence-electron chi connectivity index (χ1n) is 4.11. The highest BCUT2D eigenvalue weighted by Gasteiger charge is 2.08. The number of nitrogens with one attached hydrogen (secondary N) is 1. The molecule has 0 radical (unpaired) electrons. The Hall–Kier alpha value is -1.45. The average Bonchev–Trinajstić information content (AvgIpc) is 2.49. The van der Waals surface area contributed by atoms with E-state index in [4.69, 9.17) is 4.42 Å². The summed E-state index contributed by atoms with van der Waals surface area (Å²) >= 11 is 0. The second kappa shape index (κ2) is 3.98. The van der Waals surface area contributed by atoms with Crippen LogP contribution in [0.2, 0.25) is 0 Å². The van der Waals surface area contributed by atoms with E-state index in [-0.39, 0.29) is 6.03 Å². The highest BCUT2D eigenvalue weighted by Crippen LogP contribution is 2.08. The van der Waals surface area contributed by atoms with Crippen molar-refractivity contribution in [1.29, 1.82) is 0 Å². The monoisotopic (exact) mass is 182 g/mol. The lowest BCUT2D eigenvalue weighted by Gasteiger charge is -2.14. The molecule has 1 N–H and O–H groups in total. The Kier molecular flexibility index (Phi) is 2.95. The van der Waals surface area contributed by atoms with E-state index in [9.17, 15) is 4.79 Å². The first-order valence-corrected chi connectivity index (χ1v) is 4.11. The van der Waals surface area contributed by atoms with Gasteiger partial charge in [0.05, 0.1) is 6.54 Å². The molecule has 0 saturated carbocycles. The molecule has 13 heavy (non-hydrogen) atoms. The van der Waals surface area contributed by atoms with Gasteiger partial charge in [-0.3, -0.25) is 0 Å². The fourth-order valence-electron chi connectivity index (χ4n) is 1.07.